The molecule has 172 valence electrons. The van der Waals surface area contributed by atoms with Crippen molar-refractivity contribution in [3.63, 3.8) is 0 Å². The molecule has 1 aliphatic carbocycles. The Bertz CT molecular complexity index is 1150. The number of carbonyl (C=O) groups is 1. The Labute approximate surface area is 213 Å². The van der Waals surface area contributed by atoms with E-state index in [1.165, 1.54) is 24.8 Å². The summed E-state index contributed by atoms with van der Waals surface area (Å²) in [6, 6.07) is 15.7. The molecule has 4 nitrogen and oxygen atoms in total. The van der Waals surface area contributed by atoms with Gasteiger partial charge in [0.15, 0.2) is 5.11 Å². The molecule has 3 aromatic rings. The summed E-state index contributed by atoms with van der Waals surface area (Å²) in [5, 5.41) is 8.50. The van der Waals surface area contributed by atoms with Crippen LogP contribution < -0.4 is 10.6 Å². The number of aryl methyl sites for hydroxylation is 1. The Balaban J connectivity index is 1.54. The van der Waals surface area contributed by atoms with Crippen molar-refractivity contribution in [2.45, 2.75) is 48.3 Å². The van der Waals surface area contributed by atoms with Gasteiger partial charge in [-0.2, -0.15) is 0 Å². The molecule has 0 radical (unpaired) electrons. The van der Waals surface area contributed by atoms with Gasteiger partial charge >= 0.3 is 5.97 Å². The first-order chi connectivity index (χ1) is 16.0. The number of carbonyl (C=O) groups excluding carboxylic acids is 1. The molecule has 0 saturated carbocycles. The third-order valence-electron chi connectivity index (χ3n) is 5.46. The van der Waals surface area contributed by atoms with Crippen LogP contribution in [0.15, 0.2) is 58.3 Å². The van der Waals surface area contributed by atoms with Crippen LogP contribution in [-0.2, 0) is 17.6 Å². The van der Waals surface area contributed by atoms with Crippen molar-refractivity contribution in [1.29, 1.82) is 0 Å². The molecule has 8 heteroatoms. The third kappa shape index (κ3) is 6.09. The lowest BCUT2D eigenvalue weighted by molar-refractivity contribution is 0.0601. The van der Waals surface area contributed by atoms with Gasteiger partial charge in [0.25, 0.3) is 0 Å². The van der Waals surface area contributed by atoms with Gasteiger partial charge in [0, 0.05) is 19.7 Å². The molecule has 0 spiro atoms. The van der Waals surface area contributed by atoms with Crippen molar-refractivity contribution in [2.24, 2.45) is 0 Å². The summed E-state index contributed by atoms with van der Waals surface area (Å²) in [5.41, 5.74) is 2.65. The minimum atomic E-state index is -0.308. The maximum Gasteiger partial charge on any atom is 0.341 e. The fourth-order valence-corrected chi connectivity index (χ4v) is 6.46. The lowest BCUT2D eigenvalue weighted by atomic mass is 9.96. The molecule has 0 bridgehead atoms. The van der Waals surface area contributed by atoms with Gasteiger partial charge in [-0.15, -0.1) is 11.3 Å². The fraction of sp³-hybridized carbons (Fsp3) is 0.280. The summed E-state index contributed by atoms with van der Waals surface area (Å²) in [6.45, 7) is 0. The van der Waals surface area contributed by atoms with Crippen LogP contribution in [0.1, 0.15) is 46.5 Å². The number of para-hydroxylation sites is 1. The van der Waals surface area contributed by atoms with E-state index in [0.29, 0.717) is 15.7 Å². The molecule has 0 aliphatic heterocycles. The molecule has 0 unspecified atom stereocenters. The van der Waals surface area contributed by atoms with Crippen LogP contribution in [0.25, 0.3) is 0 Å². The van der Waals surface area contributed by atoms with Crippen molar-refractivity contribution < 1.29 is 9.53 Å². The Hall–Kier alpha value is -2.06. The largest absolute Gasteiger partial charge is 0.465 e. The normalized spacial score (nSPS) is 13.4. The van der Waals surface area contributed by atoms with Gasteiger partial charge in [-0.3, -0.25) is 0 Å². The topological polar surface area (TPSA) is 50.4 Å². The molecule has 2 N–H and O–H groups in total. The van der Waals surface area contributed by atoms with Crippen molar-refractivity contribution in [2.75, 3.05) is 17.7 Å². The molecule has 1 aromatic heterocycles. The Kier molecular flexibility index (Phi) is 8.30. The summed E-state index contributed by atoms with van der Waals surface area (Å²) >= 11 is 14.9. The molecule has 2 aromatic carbocycles. The molecule has 0 atom stereocenters. The number of anilines is 2. The molecule has 1 aliphatic rings. The van der Waals surface area contributed by atoms with E-state index in [-0.39, 0.29) is 5.97 Å². The van der Waals surface area contributed by atoms with Crippen molar-refractivity contribution in [1.82, 2.24) is 0 Å². The van der Waals surface area contributed by atoms with Crippen molar-refractivity contribution in [3.05, 3.63) is 69.6 Å². The second-order valence-electron chi connectivity index (χ2n) is 7.74. The van der Waals surface area contributed by atoms with Gasteiger partial charge < -0.3 is 15.4 Å². The average molecular weight is 517 g/mol. The standard InChI is InChI=1S/C25H25ClN2O2S3/c1-30-24(29)22-18-8-4-2-3-5-10-20(18)33-23(22)28-25(31)27-19-9-6-7-11-21(19)32-17-14-12-16(26)13-15-17/h6-7,9,11-15H,2-5,8,10H2,1H3,(H2,27,28,31). The Morgan fingerprint density at radius 2 is 1.76 bits per heavy atom. The molecule has 33 heavy (non-hydrogen) atoms. The third-order valence-corrected chi connectivity index (χ3v) is 8.21. The zero-order chi connectivity index (χ0) is 23.2. The summed E-state index contributed by atoms with van der Waals surface area (Å²) in [5.74, 6) is -0.308. The minimum Gasteiger partial charge on any atom is -0.465 e. The van der Waals surface area contributed by atoms with Crippen LogP contribution in [0, 0.1) is 0 Å². The van der Waals surface area contributed by atoms with E-state index in [2.05, 4.69) is 10.6 Å². The number of methoxy groups -OCH3 is 1. The van der Waals surface area contributed by atoms with Crippen LogP contribution in [0.5, 0.6) is 0 Å². The summed E-state index contributed by atoms with van der Waals surface area (Å²) < 4.78 is 5.12. The number of esters is 1. The van der Waals surface area contributed by atoms with E-state index in [1.807, 2.05) is 48.5 Å². The van der Waals surface area contributed by atoms with Crippen LogP contribution >= 0.6 is 46.9 Å². The van der Waals surface area contributed by atoms with Crippen molar-refractivity contribution >= 4 is 68.7 Å². The first kappa shape index (κ1) is 24.1. The Morgan fingerprint density at radius 1 is 1.03 bits per heavy atom. The van der Waals surface area contributed by atoms with E-state index >= 15 is 0 Å². The molecule has 1 heterocycles. The second-order valence-corrected chi connectivity index (χ2v) is 10.8. The smallest absolute Gasteiger partial charge is 0.341 e. The highest BCUT2D eigenvalue weighted by Gasteiger charge is 2.25. The number of nitrogens with one attached hydrogen (secondary N) is 2. The number of rotatable bonds is 5. The molecule has 4 rings (SSSR count). The second kappa shape index (κ2) is 11.4. The monoisotopic (exact) mass is 516 g/mol. The zero-order valence-electron chi connectivity index (χ0n) is 18.3. The van der Waals surface area contributed by atoms with E-state index in [1.54, 1.807) is 23.1 Å². The van der Waals surface area contributed by atoms with Gasteiger partial charge in [0.05, 0.1) is 18.4 Å². The van der Waals surface area contributed by atoms with Gasteiger partial charge in [0.1, 0.15) is 5.00 Å². The van der Waals surface area contributed by atoms with Gasteiger partial charge in [-0.05, 0) is 79.9 Å². The predicted molar refractivity (Wildman–Crippen MR) is 143 cm³/mol. The van der Waals surface area contributed by atoms with Gasteiger partial charge in [-0.25, -0.2) is 4.79 Å². The van der Waals surface area contributed by atoms with Crippen LogP contribution in [-0.4, -0.2) is 18.2 Å². The maximum atomic E-state index is 12.7. The highest BCUT2D eigenvalue weighted by molar-refractivity contribution is 7.99. The number of thiophene rings is 1. The lowest BCUT2D eigenvalue weighted by Crippen LogP contribution is -2.20. The number of fused-ring (bicyclic) bond motifs is 1. The van der Waals surface area contributed by atoms with Gasteiger partial charge in [-0.1, -0.05) is 48.3 Å². The van der Waals surface area contributed by atoms with Crippen LogP contribution in [0.2, 0.25) is 5.02 Å². The van der Waals surface area contributed by atoms with E-state index in [4.69, 9.17) is 28.6 Å². The quantitative estimate of drug-likeness (QED) is 0.266. The molecule has 0 saturated heterocycles. The summed E-state index contributed by atoms with van der Waals surface area (Å²) in [6.07, 6.45) is 6.55. The van der Waals surface area contributed by atoms with Crippen LogP contribution in [0.3, 0.4) is 0 Å². The molecule has 0 fully saturated rings. The van der Waals surface area contributed by atoms with E-state index in [0.717, 1.165) is 51.7 Å². The highest BCUT2D eigenvalue weighted by Crippen LogP contribution is 2.38. The molecular formula is C25H25ClN2O2S3. The number of ether oxygens (including phenoxy) is 1. The van der Waals surface area contributed by atoms with E-state index < -0.39 is 0 Å². The number of hydrogen-bond acceptors (Lipinski definition) is 5. The van der Waals surface area contributed by atoms with Crippen molar-refractivity contribution in [3.8, 4) is 0 Å². The highest BCUT2D eigenvalue weighted by atomic mass is 35.5. The molecular weight excluding hydrogens is 492 g/mol. The summed E-state index contributed by atoms with van der Waals surface area (Å²) in [4.78, 5) is 16.0. The minimum absolute atomic E-state index is 0.308. The first-order valence-corrected chi connectivity index (χ1v) is 13.3. The maximum absolute atomic E-state index is 12.7. The predicted octanol–water partition coefficient (Wildman–Crippen LogP) is 7.81. The zero-order valence-corrected chi connectivity index (χ0v) is 21.5. The Morgan fingerprint density at radius 3 is 2.52 bits per heavy atom. The number of thiocarbonyl (C=S) groups is 1. The first-order valence-electron chi connectivity index (χ1n) is 10.9. The number of benzene rings is 2. The van der Waals surface area contributed by atoms with Crippen LogP contribution in [0.4, 0.5) is 10.7 Å². The number of halogens is 1. The fourth-order valence-electron chi connectivity index (χ4n) is 3.87. The SMILES string of the molecule is COC(=O)c1c(NC(=S)Nc2ccccc2Sc2ccc(Cl)cc2)sc2c1CCCCCC2. The molecule has 0 amide bonds. The summed E-state index contributed by atoms with van der Waals surface area (Å²) in [7, 11) is 1.43. The van der Waals surface area contributed by atoms with E-state index in [9.17, 15) is 4.79 Å². The van der Waals surface area contributed by atoms with Gasteiger partial charge in [0.2, 0.25) is 0 Å². The average Bonchev–Trinajstić information content (AvgIpc) is 3.11. The number of hydrogen-bond donors (Lipinski definition) is 2. The lowest BCUT2D eigenvalue weighted by Gasteiger charge is -2.14.